The van der Waals surface area contributed by atoms with Crippen LogP contribution in [-0.4, -0.2) is 18.5 Å². The normalized spacial score (nSPS) is 16.1. The molecule has 0 spiro atoms. The van der Waals surface area contributed by atoms with Gasteiger partial charge in [-0.15, -0.1) is 0 Å². The topological polar surface area (TPSA) is 55.1 Å². The standard InChI is InChI=1S/C16H17FN2O/c17-14-8-7-13(11-3-1-2-4-12(11)14)16(20)19-15(9-18)10-5-6-10/h1-4,7-8,10,15H,5-6,9,18H2,(H,19,20). The molecule has 0 aliphatic heterocycles. The highest BCUT2D eigenvalue weighted by Gasteiger charge is 2.31. The Kier molecular flexibility index (Phi) is 3.40. The largest absolute Gasteiger partial charge is 0.348 e. The van der Waals surface area contributed by atoms with Crippen LogP contribution in [0.1, 0.15) is 23.2 Å². The second kappa shape index (κ2) is 5.21. The molecule has 1 amide bonds. The molecule has 3 rings (SSSR count). The van der Waals surface area contributed by atoms with E-state index in [0.717, 1.165) is 12.8 Å². The van der Waals surface area contributed by atoms with Crippen molar-refractivity contribution in [2.75, 3.05) is 6.54 Å². The minimum atomic E-state index is -0.310. The zero-order valence-electron chi connectivity index (χ0n) is 11.1. The molecule has 1 unspecified atom stereocenters. The van der Waals surface area contributed by atoms with Crippen LogP contribution in [0.15, 0.2) is 36.4 Å². The quantitative estimate of drug-likeness (QED) is 0.898. The van der Waals surface area contributed by atoms with Gasteiger partial charge in [0, 0.05) is 23.5 Å². The van der Waals surface area contributed by atoms with E-state index in [2.05, 4.69) is 5.32 Å². The first-order valence-corrected chi connectivity index (χ1v) is 6.89. The first kappa shape index (κ1) is 13.1. The Bertz CT molecular complexity index is 652. The molecule has 1 saturated carbocycles. The number of amides is 1. The number of hydrogen-bond donors (Lipinski definition) is 2. The molecular weight excluding hydrogens is 255 g/mol. The minimum absolute atomic E-state index is 0.0197. The summed E-state index contributed by atoms with van der Waals surface area (Å²) in [7, 11) is 0. The summed E-state index contributed by atoms with van der Waals surface area (Å²) in [6.07, 6.45) is 2.23. The smallest absolute Gasteiger partial charge is 0.252 e. The number of fused-ring (bicyclic) bond motifs is 1. The Morgan fingerprint density at radius 2 is 1.95 bits per heavy atom. The molecule has 20 heavy (non-hydrogen) atoms. The monoisotopic (exact) mass is 272 g/mol. The van der Waals surface area contributed by atoms with Gasteiger partial charge in [-0.1, -0.05) is 24.3 Å². The van der Waals surface area contributed by atoms with Crippen molar-refractivity contribution in [1.29, 1.82) is 0 Å². The summed E-state index contributed by atoms with van der Waals surface area (Å²) in [5.74, 6) is 0.00827. The predicted octanol–water partition coefficient (Wildman–Crippen LogP) is 2.45. The maximum atomic E-state index is 13.7. The van der Waals surface area contributed by atoms with Gasteiger partial charge in [0.1, 0.15) is 5.82 Å². The molecule has 4 heteroatoms. The average molecular weight is 272 g/mol. The van der Waals surface area contributed by atoms with E-state index >= 15 is 0 Å². The lowest BCUT2D eigenvalue weighted by Crippen LogP contribution is -2.41. The Morgan fingerprint density at radius 1 is 1.25 bits per heavy atom. The zero-order chi connectivity index (χ0) is 14.1. The number of carbonyl (C=O) groups is 1. The summed E-state index contributed by atoms with van der Waals surface area (Å²) in [4.78, 5) is 12.4. The Hall–Kier alpha value is -1.94. The van der Waals surface area contributed by atoms with E-state index in [1.807, 2.05) is 0 Å². The summed E-state index contributed by atoms with van der Waals surface area (Å²) in [5, 5.41) is 4.07. The van der Waals surface area contributed by atoms with Gasteiger partial charge in [-0.2, -0.15) is 0 Å². The van der Waals surface area contributed by atoms with Gasteiger partial charge < -0.3 is 11.1 Å². The summed E-state index contributed by atoms with van der Waals surface area (Å²) < 4.78 is 13.7. The zero-order valence-corrected chi connectivity index (χ0v) is 11.1. The second-order valence-corrected chi connectivity index (χ2v) is 5.29. The van der Waals surface area contributed by atoms with Crippen molar-refractivity contribution in [2.24, 2.45) is 11.7 Å². The van der Waals surface area contributed by atoms with Gasteiger partial charge in [-0.05, 0) is 36.3 Å². The molecule has 0 bridgehead atoms. The van der Waals surface area contributed by atoms with Gasteiger partial charge in [-0.3, -0.25) is 4.79 Å². The third-order valence-electron chi connectivity index (χ3n) is 3.88. The number of rotatable bonds is 4. The molecule has 3 N–H and O–H groups in total. The van der Waals surface area contributed by atoms with Crippen LogP contribution in [0.25, 0.3) is 10.8 Å². The van der Waals surface area contributed by atoms with E-state index < -0.39 is 0 Å². The molecule has 1 aliphatic rings. The Balaban J connectivity index is 1.93. The Labute approximate surface area is 117 Å². The molecule has 2 aromatic carbocycles. The van der Waals surface area contributed by atoms with Crippen LogP contribution in [0.3, 0.4) is 0 Å². The van der Waals surface area contributed by atoms with Gasteiger partial charge in [0.05, 0.1) is 0 Å². The van der Waals surface area contributed by atoms with E-state index in [0.29, 0.717) is 28.8 Å². The lowest BCUT2D eigenvalue weighted by molar-refractivity contribution is 0.0935. The molecule has 1 atom stereocenters. The molecular formula is C16H17FN2O. The van der Waals surface area contributed by atoms with Crippen LogP contribution >= 0.6 is 0 Å². The van der Waals surface area contributed by atoms with Crippen molar-refractivity contribution in [3.63, 3.8) is 0 Å². The summed E-state index contributed by atoms with van der Waals surface area (Å²) in [5.41, 5.74) is 6.20. The van der Waals surface area contributed by atoms with Crippen molar-refractivity contribution < 1.29 is 9.18 Å². The van der Waals surface area contributed by atoms with Gasteiger partial charge >= 0.3 is 0 Å². The molecule has 0 saturated heterocycles. The number of nitrogens with two attached hydrogens (primary N) is 1. The summed E-state index contributed by atoms with van der Waals surface area (Å²) in [6.45, 7) is 0.440. The SMILES string of the molecule is NCC(NC(=O)c1ccc(F)c2ccccc12)C1CC1. The molecule has 0 heterocycles. The first-order valence-electron chi connectivity index (χ1n) is 6.89. The van der Waals surface area contributed by atoms with Crippen LogP contribution < -0.4 is 11.1 Å². The van der Waals surface area contributed by atoms with Gasteiger partial charge in [-0.25, -0.2) is 4.39 Å². The highest BCUT2D eigenvalue weighted by atomic mass is 19.1. The Morgan fingerprint density at radius 3 is 2.60 bits per heavy atom. The summed E-state index contributed by atoms with van der Waals surface area (Å²) >= 11 is 0. The third-order valence-corrected chi connectivity index (χ3v) is 3.88. The molecule has 0 radical (unpaired) electrons. The molecule has 0 aromatic heterocycles. The average Bonchev–Trinajstić information content (AvgIpc) is 3.30. The molecule has 1 aliphatic carbocycles. The maximum absolute atomic E-state index is 13.7. The fraction of sp³-hybridized carbons (Fsp3) is 0.312. The lowest BCUT2D eigenvalue weighted by Gasteiger charge is -2.17. The van der Waals surface area contributed by atoms with Crippen molar-refractivity contribution in [1.82, 2.24) is 5.32 Å². The van der Waals surface area contributed by atoms with Crippen molar-refractivity contribution >= 4 is 16.7 Å². The first-order chi connectivity index (χ1) is 9.70. The van der Waals surface area contributed by atoms with Crippen LogP contribution in [-0.2, 0) is 0 Å². The van der Waals surface area contributed by atoms with Crippen molar-refractivity contribution in [2.45, 2.75) is 18.9 Å². The summed E-state index contributed by atoms with van der Waals surface area (Å²) in [6, 6.07) is 9.91. The highest BCUT2D eigenvalue weighted by molar-refractivity contribution is 6.07. The number of halogens is 1. The molecule has 104 valence electrons. The fourth-order valence-corrected chi connectivity index (χ4v) is 2.57. The van der Waals surface area contributed by atoms with Gasteiger partial charge in [0.25, 0.3) is 5.91 Å². The minimum Gasteiger partial charge on any atom is -0.348 e. The van der Waals surface area contributed by atoms with Crippen LogP contribution in [0.2, 0.25) is 0 Å². The third kappa shape index (κ3) is 2.39. The molecule has 3 nitrogen and oxygen atoms in total. The highest BCUT2D eigenvalue weighted by Crippen LogP contribution is 2.32. The van der Waals surface area contributed by atoms with E-state index in [1.165, 1.54) is 12.1 Å². The lowest BCUT2D eigenvalue weighted by atomic mass is 10.0. The number of carbonyl (C=O) groups excluding carboxylic acids is 1. The van der Waals surface area contributed by atoms with Crippen molar-refractivity contribution in [3.8, 4) is 0 Å². The fourth-order valence-electron chi connectivity index (χ4n) is 2.57. The van der Waals surface area contributed by atoms with Crippen LogP contribution in [0, 0.1) is 11.7 Å². The number of benzene rings is 2. The predicted molar refractivity (Wildman–Crippen MR) is 76.9 cm³/mol. The van der Waals surface area contributed by atoms with Crippen LogP contribution in [0.4, 0.5) is 4.39 Å². The van der Waals surface area contributed by atoms with E-state index in [9.17, 15) is 9.18 Å². The van der Waals surface area contributed by atoms with Crippen molar-refractivity contribution in [3.05, 3.63) is 47.8 Å². The molecule has 1 fully saturated rings. The maximum Gasteiger partial charge on any atom is 0.252 e. The van der Waals surface area contributed by atoms with E-state index in [4.69, 9.17) is 5.73 Å². The van der Waals surface area contributed by atoms with E-state index in [-0.39, 0.29) is 17.8 Å². The second-order valence-electron chi connectivity index (χ2n) is 5.29. The van der Waals surface area contributed by atoms with Gasteiger partial charge in [0.2, 0.25) is 0 Å². The van der Waals surface area contributed by atoms with E-state index in [1.54, 1.807) is 24.3 Å². The molecule has 2 aromatic rings. The van der Waals surface area contributed by atoms with Gasteiger partial charge in [0.15, 0.2) is 0 Å². The number of hydrogen-bond acceptors (Lipinski definition) is 2. The number of nitrogens with one attached hydrogen (secondary N) is 1. The van der Waals surface area contributed by atoms with Crippen LogP contribution in [0.5, 0.6) is 0 Å².